The Morgan fingerprint density at radius 2 is 2.24 bits per heavy atom. The number of H-pyrrole nitrogens is 1. The number of nitrogens with two attached hydrogens (primary N) is 1. The Hall–Kier alpha value is -1.79. The maximum atomic E-state index is 11.7. The molecule has 1 aromatic heterocycles. The summed E-state index contributed by atoms with van der Waals surface area (Å²) in [6.07, 6.45) is 0. The van der Waals surface area contributed by atoms with Crippen LogP contribution in [0.25, 0.3) is 11.0 Å². The van der Waals surface area contributed by atoms with Crippen molar-refractivity contribution in [2.75, 3.05) is 25.6 Å². The first-order chi connectivity index (χ1) is 8.22. The number of aromatic amines is 1. The molecule has 92 valence electrons. The fourth-order valence-corrected chi connectivity index (χ4v) is 1.71. The normalized spacial score (nSPS) is 11.1. The summed E-state index contributed by atoms with van der Waals surface area (Å²) in [6, 6.07) is 5.27. The Bertz CT molecular complexity index is 559. The van der Waals surface area contributed by atoms with Crippen LogP contribution in [0.3, 0.4) is 0 Å². The van der Waals surface area contributed by atoms with Crippen LogP contribution in [0.2, 0.25) is 0 Å². The second-order valence-corrected chi connectivity index (χ2v) is 3.69. The quantitative estimate of drug-likeness (QED) is 0.501. The van der Waals surface area contributed by atoms with Crippen molar-refractivity contribution in [3.05, 3.63) is 28.7 Å². The van der Waals surface area contributed by atoms with Crippen molar-refractivity contribution < 1.29 is 9.84 Å². The summed E-state index contributed by atoms with van der Waals surface area (Å²) in [5, 5.41) is 8.57. The molecule has 1 heterocycles. The largest absolute Gasteiger partial charge is 0.399 e. The second kappa shape index (κ2) is 5.03. The third kappa shape index (κ3) is 2.48. The SMILES string of the molecule is Nc1ccc2[nH]c(=O)n(CCOCCO)c2c1. The minimum atomic E-state index is -0.182. The Kier molecular flexibility index (Phi) is 3.46. The average Bonchev–Trinajstić information content (AvgIpc) is 2.61. The molecular formula is C11H15N3O3. The van der Waals surface area contributed by atoms with Gasteiger partial charge < -0.3 is 20.6 Å². The predicted octanol–water partition coefficient (Wildman–Crippen LogP) is -0.0793. The molecule has 6 nitrogen and oxygen atoms in total. The average molecular weight is 237 g/mol. The highest BCUT2D eigenvalue weighted by molar-refractivity contribution is 5.78. The fraction of sp³-hybridized carbons (Fsp3) is 0.364. The zero-order valence-corrected chi connectivity index (χ0v) is 9.35. The number of ether oxygens (including phenoxy) is 1. The lowest BCUT2D eigenvalue weighted by Gasteiger charge is -2.04. The fourth-order valence-electron chi connectivity index (χ4n) is 1.71. The lowest BCUT2D eigenvalue weighted by Crippen LogP contribution is -2.20. The van der Waals surface area contributed by atoms with E-state index in [-0.39, 0.29) is 18.9 Å². The van der Waals surface area contributed by atoms with Crippen molar-refractivity contribution in [2.45, 2.75) is 6.54 Å². The van der Waals surface area contributed by atoms with Crippen LogP contribution in [0, 0.1) is 0 Å². The van der Waals surface area contributed by atoms with Crippen LogP contribution in [0.15, 0.2) is 23.0 Å². The number of aromatic nitrogens is 2. The topological polar surface area (TPSA) is 93.3 Å². The molecule has 1 aromatic carbocycles. The standard InChI is InChI=1S/C11H15N3O3/c12-8-1-2-9-10(7-8)14(11(16)13-9)3-5-17-6-4-15/h1-2,7,15H,3-6,12H2,(H,13,16). The molecule has 0 saturated heterocycles. The van der Waals surface area contributed by atoms with Gasteiger partial charge in [0.05, 0.1) is 37.4 Å². The summed E-state index contributed by atoms with van der Waals surface area (Å²) in [7, 11) is 0. The van der Waals surface area contributed by atoms with E-state index in [1.165, 1.54) is 0 Å². The van der Waals surface area contributed by atoms with Gasteiger partial charge in [-0.05, 0) is 18.2 Å². The van der Waals surface area contributed by atoms with Crippen LogP contribution in [-0.4, -0.2) is 34.5 Å². The van der Waals surface area contributed by atoms with Gasteiger partial charge in [0.2, 0.25) is 0 Å². The zero-order valence-electron chi connectivity index (χ0n) is 9.35. The summed E-state index contributed by atoms with van der Waals surface area (Å²) < 4.78 is 6.71. The number of benzene rings is 1. The van der Waals surface area contributed by atoms with Gasteiger partial charge in [0.25, 0.3) is 0 Å². The molecule has 4 N–H and O–H groups in total. The van der Waals surface area contributed by atoms with Gasteiger partial charge in [0.15, 0.2) is 0 Å². The number of anilines is 1. The highest BCUT2D eigenvalue weighted by atomic mass is 16.5. The number of aliphatic hydroxyl groups excluding tert-OH is 1. The molecule has 0 amide bonds. The molecule has 6 heteroatoms. The van der Waals surface area contributed by atoms with E-state index in [1.54, 1.807) is 22.8 Å². The van der Waals surface area contributed by atoms with Gasteiger partial charge in [0.1, 0.15) is 0 Å². The van der Waals surface area contributed by atoms with Gasteiger partial charge in [-0.3, -0.25) is 4.57 Å². The monoisotopic (exact) mass is 237 g/mol. The molecule has 2 aromatic rings. The summed E-state index contributed by atoms with van der Waals surface area (Å²) >= 11 is 0. The second-order valence-electron chi connectivity index (χ2n) is 3.69. The van der Waals surface area contributed by atoms with E-state index in [2.05, 4.69) is 4.98 Å². The summed E-state index contributed by atoms with van der Waals surface area (Å²) in [6.45, 7) is 1.07. The third-order valence-corrected chi connectivity index (χ3v) is 2.49. The van der Waals surface area contributed by atoms with E-state index < -0.39 is 0 Å². The number of fused-ring (bicyclic) bond motifs is 1. The van der Waals surface area contributed by atoms with Gasteiger partial charge in [0, 0.05) is 5.69 Å². The predicted molar refractivity (Wildman–Crippen MR) is 64.9 cm³/mol. The summed E-state index contributed by atoms with van der Waals surface area (Å²) in [5.41, 5.74) is 7.64. The van der Waals surface area contributed by atoms with Crippen molar-refractivity contribution >= 4 is 16.7 Å². The maximum absolute atomic E-state index is 11.7. The molecule has 0 unspecified atom stereocenters. The zero-order chi connectivity index (χ0) is 12.3. The summed E-state index contributed by atoms with van der Waals surface area (Å²) in [4.78, 5) is 14.4. The first kappa shape index (κ1) is 11.7. The van der Waals surface area contributed by atoms with Crippen LogP contribution >= 0.6 is 0 Å². The van der Waals surface area contributed by atoms with Crippen LogP contribution in [0.1, 0.15) is 0 Å². The molecule has 0 radical (unpaired) electrons. The first-order valence-corrected chi connectivity index (χ1v) is 5.39. The van der Waals surface area contributed by atoms with Gasteiger partial charge >= 0.3 is 5.69 Å². The van der Waals surface area contributed by atoms with Crippen molar-refractivity contribution in [3.8, 4) is 0 Å². The van der Waals surface area contributed by atoms with Crippen LogP contribution in [0.4, 0.5) is 5.69 Å². The third-order valence-electron chi connectivity index (χ3n) is 2.49. The number of aliphatic hydroxyl groups is 1. The number of imidazole rings is 1. The van der Waals surface area contributed by atoms with Crippen molar-refractivity contribution in [1.29, 1.82) is 0 Å². The number of nitrogen functional groups attached to an aromatic ring is 1. The molecule has 0 saturated carbocycles. The van der Waals surface area contributed by atoms with Crippen LogP contribution in [-0.2, 0) is 11.3 Å². The number of rotatable bonds is 5. The van der Waals surface area contributed by atoms with E-state index in [0.29, 0.717) is 18.8 Å². The molecule has 0 atom stereocenters. The Labute approximate surface area is 97.6 Å². The minimum absolute atomic E-state index is 0.0181. The molecule has 0 bridgehead atoms. The van der Waals surface area contributed by atoms with Crippen molar-refractivity contribution in [1.82, 2.24) is 9.55 Å². The highest BCUT2D eigenvalue weighted by Gasteiger charge is 2.06. The molecule has 0 aliphatic carbocycles. The van der Waals surface area contributed by atoms with Crippen LogP contribution in [0.5, 0.6) is 0 Å². The number of hydrogen-bond donors (Lipinski definition) is 3. The maximum Gasteiger partial charge on any atom is 0.326 e. The molecule has 0 spiro atoms. The van der Waals surface area contributed by atoms with E-state index >= 15 is 0 Å². The van der Waals surface area contributed by atoms with E-state index in [4.69, 9.17) is 15.6 Å². The number of nitrogens with one attached hydrogen (secondary N) is 1. The molecule has 2 rings (SSSR count). The van der Waals surface area contributed by atoms with Gasteiger partial charge in [-0.25, -0.2) is 4.79 Å². The van der Waals surface area contributed by atoms with Crippen molar-refractivity contribution in [2.24, 2.45) is 0 Å². The van der Waals surface area contributed by atoms with E-state index in [1.807, 2.05) is 0 Å². The molecule has 0 fully saturated rings. The molecule has 0 aliphatic rings. The molecule has 0 aliphatic heterocycles. The van der Waals surface area contributed by atoms with Crippen LogP contribution < -0.4 is 11.4 Å². The lowest BCUT2D eigenvalue weighted by atomic mass is 10.3. The van der Waals surface area contributed by atoms with Gasteiger partial charge in [-0.1, -0.05) is 0 Å². The minimum Gasteiger partial charge on any atom is -0.399 e. The van der Waals surface area contributed by atoms with E-state index in [0.717, 1.165) is 11.0 Å². The molecular weight excluding hydrogens is 222 g/mol. The smallest absolute Gasteiger partial charge is 0.326 e. The number of nitrogens with zero attached hydrogens (tertiary/aromatic N) is 1. The lowest BCUT2D eigenvalue weighted by molar-refractivity contribution is 0.0871. The van der Waals surface area contributed by atoms with E-state index in [9.17, 15) is 4.79 Å². The molecule has 17 heavy (non-hydrogen) atoms. The Morgan fingerprint density at radius 1 is 1.41 bits per heavy atom. The van der Waals surface area contributed by atoms with Crippen molar-refractivity contribution in [3.63, 3.8) is 0 Å². The van der Waals surface area contributed by atoms with Gasteiger partial charge in [-0.2, -0.15) is 0 Å². The number of hydrogen-bond acceptors (Lipinski definition) is 4. The summed E-state index contributed by atoms with van der Waals surface area (Å²) in [5.74, 6) is 0. The first-order valence-electron chi connectivity index (χ1n) is 5.39. The van der Waals surface area contributed by atoms with Gasteiger partial charge in [-0.15, -0.1) is 0 Å². The highest BCUT2D eigenvalue weighted by Crippen LogP contribution is 2.13. The Balaban J connectivity index is 2.23. The Morgan fingerprint density at radius 3 is 3.00 bits per heavy atom.